The Kier molecular flexibility index (Phi) is 8.05. The van der Waals surface area contributed by atoms with Crippen molar-refractivity contribution < 1.29 is 32.4 Å². The average Bonchev–Trinajstić information content (AvgIpc) is 2.55. The summed E-state index contributed by atoms with van der Waals surface area (Å²) >= 11 is 11.0. The van der Waals surface area contributed by atoms with E-state index in [0.717, 1.165) is 6.07 Å². The second-order valence-electron chi connectivity index (χ2n) is 6.63. The van der Waals surface area contributed by atoms with Crippen molar-refractivity contribution in [3.05, 3.63) is 57.6 Å². The second-order valence-corrected chi connectivity index (χ2v) is 8.86. The van der Waals surface area contributed by atoms with Gasteiger partial charge in [-0.2, -0.15) is 8.42 Å². The summed E-state index contributed by atoms with van der Waals surface area (Å²) in [4.78, 5) is 22.6. The van der Waals surface area contributed by atoms with Gasteiger partial charge in [-0.25, -0.2) is 9.59 Å². The van der Waals surface area contributed by atoms with Gasteiger partial charge < -0.3 is 15.6 Å². The topological polar surface area (TPSA) is 144 Å². The van der Waals surface area contributed by atoms with Crippen molar-refractivity contribution in [2.45, 2.75) is 31.3 Å². The molecular weight excluding hydrogens is 445 g/mol. The zero-order chi connectivity index (χ0) is 22.6. The summed E-state index contributed by atoms with van der Waals surface area (Å²) < 4.78 is 34.8. The Balaban J connectivity index is 0.000000308. The van der Waals surface area contributed by atoms with E-state index in [0.29, 0.717) is 0 Å². The van der Waals surface area contributed by atoms with Gasteiger partial charge >= 0.3 is 11.9 Å². The van der Waals surface area contributed by atoms with Crippen LogP contribution in [0, 0.1) is 0 Å². The number of carbonyl (C=O) groups excluding carboxylic acids is 1. The number of rotatable bonds is 3. The number of aromatic carboxylic acids is 1. The minimum atomic E-state index is -4.19. The molecule has 8 nitrogen and oxygen atoms in total. The third-order valence-electron chi connectivity index (χ3n) is 3.12. The number of esters is 1. The molecule has 0 atom stereocenters. The molecule has 0 aliphatic rings. The van der Waals surface area contributed by atoms with Crippen molar-refractivity contribution in [2.75, 3.05) is 5.73 Å². The quantitative estimate of drug-likeness (QED) is 0.349. The van der Waals surface area contributed by atoms with Gasteiger partial charge in [-0.1, -0.05) is 29.3 Å². The number of nitrogens with two attached hydrogens (primary N) is 1. The molecule has 0 fully saturated rings. The van der Waals surface area contributed by atoms with Gasteiger partial charge in [0.25, 0.3) is 10.1 Å². The Hall–Kier alpha value is -2.33. The summed E-state index contributed by atoms with van der Waals surface area (Å²) in [5.74, 6) is -1.94. The Labute approximate surface area is 177 Å². The fourth-order valence-electron chi connectivity index (χ4n) is 1.94. The van der Waals surface area contributed by atoms with E-state index in [9.17, 15) is 18.0 Å². The maximum absolute atomic E-state index is 11.8. The zero-order valence-electron chi connectivity index (χ0n) is 15.6. The van der Waals surface area contributed by atoms with E-state index in [1.54, 1.807) is 20.8 Å². The molecule has 0 spiro atoms. The SMILES string of the molecule is CC(C)(C)OC(=O)c1c(N)cccc1C(=O)O.O=S(=O)(O)c1ccc(Cl)c(Cl)c1. The van der Waals surface area contributed by atoms with Crippen LogP contribution in [-0.2, 0) is 14.9 Å². The highest BCUT2D eigenvalue weighted by Crippen LogP contribution is 2.24. The van der Waals surface area contributed by atoms with E-state index >= 15 is 0 Å². The number of nitrogen functional groups attached to an aromatic ring is 1. The van der Waals surface area contributed by atoms with Crippen molar-refractivity contribution in [1.29, 1.82) is 0 Å². The van der Waals surface area contributed by atoms with E-state index in [1.807, 2.05) is 0 Å². The van der Waals surface area contributed by atoms with Gasteiger partial charge in [-0.05, 0) is 51.1 Å². The first-order valence-corrected chi connectivity index (χ1v) is 10.1. The minimum absolute atomic E-state index is 0.0896. The van der Waals surface area contributed by atoms with Crippen LogP contribution in [0.3, 0.4) is 0 Å². The molecular formula is C18H19Cl2NO7S. The molecule has 0 saturated heterocycles. The van der Waals surface area contributed by atoms with Crippen molar-refractivity contribution >= 4 is 50.9 Å². The lowest BCUT2D eigenvalue weighted by molar-refractivity contribution is 0.00671. The lowest BCUT2D eigenvalue weighted by atomic mass is 10.1. The van der Waals surface area contributed by atoms with E-state index in [2.05, 4.69) is 0 Å². The maximum atomic E-state index is 11.8. The third kappa shape index (κ3) is 7.54. The lowest BCUT2D eigenvalue weighted by Gasteiger charge is -2.20. The molecule has 29 heavy (non-hydrogen) atoms. The summed E-state index contributed by atoms with van der Waals surface area (Å²) in [5, 5.41) is 9.30. The van der Waals surface area contributed by atoms with Crippen LogP contribution >= 0.6 is 23.2 Å². The molecule has 0 aliphatic carbocycles. The molecule has 2 aromatic rings. The largest absolute Gasteiger partial charge is 0.478 e. The van der Waals surface area contributed by atoms with Gasteiger partial charge in [-0.15, -0.1) is 0 Å². The number of hydrogen-bond acceptors (Lipinski definition) is 6. The number of halogens is 2. The lowest BCUT2D eigenvalue weighted by Crippen LogP contribution is -2.25. The summed E-state index contributed by atoms with van der Waals surface area (Å²) in [6.07, 6.45) is 0. The van der Waals surface area contributed by atoms with Gasteiger partial charge in [0, 0.05) is 5.69 Å². The van der Waals surface area contributed by atoms with Gasteiger partial charge in [0.15, 0.2) is 0 Å². The van der Waals surface area contributed by atoms with Crippen LogP contribution in [-0.4, -0.2) is 35.6 Å². The van der Waals surface area contributed by atoms with Gasteiger partial charge in [0.2, 0.25) is 0 Å². The van der Waals surface area contributed by atoms with Crippen LogP contribution in [0.25, 0.3) is 0 Å². The highest BCUT2D eigenvalue weighted by Gasteiger charge is 2.24. The molecule has 0 saturated carbocycles. The monoisotopic (exact) mass is 463 g/mol. The van der Waals surface area contributed by atoms with Crippen molar-refractivity contribution in [3.63, 3.8) is 0 Å². The van der Waals surface area contributed by atoms with Crippen LogP contribution in [0.15, 0.2) is 41.3 Å². The number of carbonyl (C=O) groups is 2. The van der Waals surface area contributed by atoms with E-state index in [4.69, 9.17) is 43.3 Å². The van der Waals surface area contributed by atoms with E-state index in [1.165, 1.54) is 30.3 Å². The van der Waals surface area contributed by atoms with E-state index < -0.39 is 27.7 Å². The van der Waals surface area contributed by atoms with Crippen LogP contribution in [0.5, 0.6) is 0 Å². The summed E-state index contributed by atoms with van der Waals surface area (Å²) in [6, 6.07) is 7.81. The predicted octanol–water partition coefficient (Wildman–Crippen LogP) is 4.16. The van der Waals surface area contributed by atoms with Gasteiger partial charge in [0.05, 0.1) is 26.1 Å². The van der Waals surface area contributed by atoms with Crippen LogP contribution in [0.1, 0.15) is 41.5 Å². The molecule has 0 bridgehead atoms. The molecule has 0 amide bonds. The molecule has 0 heterocycles. The molecule has 11 heteroatoms. The highest BCUT2D eigenvalue weighted by molar-refractivity contribution is 7.85. The molecule has 0 radical (unpaired) electrons. The Morgan fingerprint density at radius 3 is 2.10 bits per heavy atom. The van der Waals surface area contributed by atoms with Crippen LogP contribution in [0.4, 0.5) is 5.69 Å². The Bertz CT molecular complexity index is 1030. The molecule has 4 N–H and O–H groups in total. The summed E-state index contributed by atoms with van der Waals surface area (Å²) in [5.41, 5.74) is 4.76. The average molecular weight is 464 g/mol. The molecule has 0 unspecified atom stereocenters. The first-order valence-electron chi connectivity index (χ1n) is 7.91. The normalized spacial score (nSPS) is 11.2. The van der Waals surface area contributed by atoms with Crippen molar-refractivity contribution in [2.24, 2.45) is 0 Å². The number of benzene rings is 2. The zero-order valence-corrected chi connectivity index (χ0v) is 18.0. The molecule has 2 aromatic carbocycles. The third-order valence-corrected chi connectivity index (χ3v) is 4.71. The molecule has 0 aromatic heterocycles. The number of carboxylic acid groups (broad SMARTS) is 1. The van der Waals surface area contributed by atoms with Gasteiger partial charge in [0.1, 0.15) is 5.60 Å². The fraction of sp³-hybridized carbons (Fsp3) is 0.222. The van der Waals surface area contributed by atoms with Crippen LogP contribution < -0.4 is 5.73 Å². The molecule has 2 rings (SSSR count). The highest BCUT2D eigenvalue weighted by atomic mass is 35.5. The standard InChI is InChI=1S/C12H15NO4.C6H4Cl2O3S/c1-12(2,3)17-11(16)9-7(10(14)15)5-4-6-8(9)13;7-5-2-1-4(3-6(5)8)12(9,10)11/h4-6H,13H2,1-3H3,(H,14,15);1-3H,(H,9,10,11). The van der Waals surface area contributed by atoms with E-state index in [-0.39, 0.29) is 31.8 Å². The first-order chi connectivity index (χ1) is 13.1. The van der Waals surface area contributed by atoms with Crippen molar-refractivity contribution in [3.8, 4) is 0 Å². The number of anilines is 1. The number of ether oxygens (including phenoxy) is 1. The Morgan fingerprint density at radius 2 is 1.66 bits per heavy atom. The minimum Gasteiger partial charge on any atom is -0.478 e. The number of hydrogen-bond donors (Lipinski definition) is 3. The molecule has 0 aliphatic heterocycles. The molecule has 158 valence electrons. The van der Waals surface area contributed by atoms with Crippen LogP contribution in [0.2, 0.25) is 10.0 Å². The van der Waals surface area contributed by atoms with Crippen molar-refractivity contribution in [1.82, 2.24) is 0 Å². The Morgan fingerprint density at radius 1 is 1.07 bits per heavy atom. The van der Waals surface area contributed by atoms with Gasteiger partial charge in [-0.3, -0.25) is 4.55 Å². The first kappa shape index (κ1) is 24.7. The smallest absolute Gasteiger partial charge is 0.341 e. The fourth-order valence-corrected chi connectivity index (χ4v) is 2.81. The predicted molar refractivity (Wildman–Crippen MR) is 109 cm³/mol. The number of carboxylic acids is 1. The summed E-state index contributed by atoms with van der Waals surface area (Å²) in [7, 11) is -4.19. The summed E-state index contributed by atoms with van der Waals surface area (Å²) in [6.45, 7) is 5.10. The second kappa shape index (κ2) is 9.45. The maximum Gasteiger partial charge on any atom is 0.341 e.